The number of hydrogen-bond donors (Lipinski definition) is 1. The number of amides is 1. The molecule has 0 aliphatic heterocycles. The van der Waals surface area contributed by atoms with Crippen LogP contribution in [0.15, 0.2) is 36.4 Å². The molecule has 4 aliphatic carbocycles. The lowest BCUT2D eigenvalue weighted by atomic mass is 9.48. The summed E-state index contributed by atoms with van der Waals surface area (Å²) >= 11 is 0. The summed E-state index contributed by atoms with van der Waals surface area (Å²) in [6.45, 7) is 7.98. The van der Waals surface area contributed by atoms with Crippen LogP contribution >= 0.6 is 0 Å². The number of benzene rings is 2. The van der Waals surface area contributed by atoms with E-state index in [2.05, 4.69) is 49.5 Å². The van der Waals surface area contributed by atoms with Crippen LogP contribution in [0.4, 0.5) is 5.69 Å². The van der Waals surface area contributed by atoms with E-state index in [0.29, 0.717) is 5.41 Å². The lowest BCUT2D eigenvalue weighted by molar-refractivity contribution is -0.122. The third-order valence-electron chi connectivity index (χ3n) is 8.24. The molecule has 0 radical (unpaired) electrons. The summed E-state index contributed by atoms with van der Waals surface area (Å²) in [5, 5.41) is 3.05. The number of rotatable bonds is 5. The van der Waals surface area contributed by atoms with E-state index in [1.54, 1.807) is 0 Å². The summed E-state index contributed by atoms with van der Waals surface area (Å²) in [6, 6.07) is 12.8. The SMILES string of the molecule is Cc1cc(C)c(C)c(O[C@H](C)C(=O)Nc2ccc(C34CC5CC(CC(C5)C3)C4)cc2)c1. The highest BCUT2D eigenvalue weighted by molar-refractivity contribution is 5.94. The average molecular weight is 418 g/mol. The smallest absolute Gasteiger partial charge is 0.265 e. The number of ether oxygens (including phenoxy) is 1. The second-order valence-electron chi connectivity index (χ2n) is 10.7. The minimum atomic E-state index is -0.553. The van der Waals surface area contributed by atoms with E-state index < -0.39 is 6.10 Å². The van der Waals surface area contributed by atoms with Crippen molar-refractivity contribution in [3.8, 4) is 5.75 Å². The zero-order chi connectivity index (χ0) is 21.8. The maximum absolute atomic E-state index is 12.8. The van der Waals surface area contributed by atoms with Crippen LogP contribution in [0.1, 0.15) is 67.7 Å². The Labute approximate surface area is 186 Å². The molecule has 0 unspecified atom stereocenters. The third-order valence-corrected chi connectivity index (χ3v) is 8.24. The van der Waals surface area contributed by atoms with E-state index in [4.69, 9.17) is 4.74 Å². The zero-order valence-electron chi connectivity index (χ0n) is 19.3. The minimum absolute atomic E-state index is 0.110. The van der Waals surface area contributed by atoms with Gasteiger partial charge >= 0.3 is 0 Å². The molecule has 0 spiro atoms. The predicted octanol–water partition coefficient (Wildman–Crippen LogP) is 6.49. The number of carbonyl (C=O) groups is 1. The number of carbonyl (C=O) groups excluding carboxylic acids is 1. The molecule has 3 nitrogen and oxygen atoms in total. The molecule has 4 bridgehead atoms. The first-order chi connectivity index (χ1) is 14.8. The summed E-state index contributed by atoms with van der Waals surface area (Å²) < 4.78 is 6.02. The van der Waals surface area contributed by atoms with Gasteiger partial charge in [-0.2, -0.15) is 0 Å². The first kappa shape index (κ1) is 20.6. The Morgan fingerprint density at radius 3 is 2.13 bits per heavy atom. The Balaban J connectivity index is 1.25. The Bertz CT molecular complexity index is 956. The monoisotopic (exact) mass is 417 g/mol. The Morgan fingerprint density at radius 2 is 1.55 bits per heavy atom. The van der Waals surface area contributed by atoms with Crippen LogP contribution in [0.3, 0.4) is 0 Å². The number of hydrogen-bond acceptors (Lipinski definition) is 2. The van der Waals surface area contributed by atoms with Crippen LogP contribution < -0.4 is 10.1 Å². The maximum atomic E-state index is 12.8. The van der Waals surface area contributed by atoms with Gasteiger partial charge in [-0.15, -0.1) is 0 Å². The highest BCUT2D eigenvalue weighted by atomic mass is 16.5. The van der Waals surface area contributed by atoms with Crippen molar-refractivity contribution in [2.24, 2.45) is 17.8 Å². The molecule has 4 fully saturated rings. The molecule has 164 valence electrons. The summed E-state index contributed by atoms with van der Waals surface area (Å²) in [5.74, 6) is 3.51. The van der Waals surface area contributed by atoms with Gasteiger partial charge in [-0.25, -0.2) is 0 Å². The van der Waals surface area contributed by atoms with Crippen molar-refractivity contribution in [1.29, 1.82) is 0 Å². The van der Waals surface area contributed by atoms with E-state index in [9.17, 15) is 4.79 Å². The molecule has 1 atom stereocenters. The topological polar surface area (TPSA) is 38.3 Å². The number of aryl methyl sites for hydroxylation is 2. The minimum Gasteiger partial charge on any atom is -0.481 e. The molecule has 0 saturated heterocycles. The summed E-state index contributed by atoms with van der Waals surface area (Å²) in [7, 11) is 0. The van der Waals surface area contributed by atoms with Crippen molar-refractivity contribution in [2.75, 3.05) is 5.32 Å². The fraction of sp³-hybridized carbons (Fsp3) is 0.536. The predicted molar refractivity (Wildman–Crippen MR) is 126 cm³/mol. The summed E-state index contributed by atoms with van der Waals surface area (Å²) in [6.07, 6.45) is 7.94. The van der Waals surface area contributed by atoms with Crippen molar-refractivity contribution in [3.63, 3.8) is 0 Å². The van der Waals surface area contributed by atoms with Crippen LogP contribution in [0.25, 0.3) is 0 Å². The fourth-order valence-electron chi connectivity index (χ4n) is 6.98. The van der Waals surface area contributed by atoms with Gasteiger partial charge in [0.05, 0.1) is 0 Å². The van der Waals surface area contributed by atoms with Gasteiger partial charge in [0.2, 0.25) is 0 Å². The first-order valence-corrected chi connectivity index (χ1v) is 12.0. The van der Waals surface area contributed by atoms with Crippen LogP contribution in [0, 0.1) is 38.5 Å². The van der Waals surface area contributed by atoms with E-state index in [0.717, 1.165) is 40.3 Å². The van der Waals surface area contributed by atoms with Crippen LogP contribution in [-0.4, -0.2) is 12.0 Å². The largest absolute Gasteiger partial charge is 0.481 e. The van der Waals surface area contributed by atoms with Gasteiger partial charge < -0.3 is 10.1 Å². The third kappa shape index (κ3) is 3.88. The zero-order valence-corrected chi connectivity index (χ0v) is 19.3. The quantitative estimate of drug-likeness (QED) is 0.604. The number of anilines is 1. The molecule has 0 heterocycles. The number of nitrogens with one attached hydrogen (secondary N) is 1. The Morgan fingerprint density at radius 1 is 0.968 bits per heavy atom. The molecule has 0 aromatic heterocycles. The Kier molecular flexibility index (Phi) is 5.11. The Hall–Kier alpha value is -2.29. The van der Waals surface area contributed by atoms with Gasteiger partial charge in [0.25, 0.3) is 5.91 Å². The molecule has 4 aliphatic rings. The van der Waals surface area contributed by atoms with Gasteiger partial charge in [0, 0.05) is 5.69 Å². The van der Waals surface area contributed by atoms with Crippen LogP contribution in [-0.2, 0) is 10.2 Å². The van der Waals surface area contributed by atoms with Crippen molar-refractivity contribution in [2.45, 2.75) is 77.7 Å². The fourth-order valence-corrected chi connectivity index (χ4v) is 6.98. The van der Waals surface area contributed by atoms with Crippen LogP contribution in [0.2, 0.25) is 0 Å². The van der Waals surface area contributed by atoms with Crippen LogP contribution in [0.5, 0.6) is 5.75 Å². The second kappa shape index (κ2) is 7.69. The normalized spacial score (nSPS) is 29.6. The van der Waals surface area contributed by atoms with Gasteiger partial charge in [-0.1, -0.05) is 18.2 Å². The van der Waals surface area contributed by atoms with Crippen molar-refractivity contribution < 1.29 is 9.53 Å². The lowest BCUT2D eigenvalue weighted by Gasteiger charge is -2.57. The highest BCUT2D eigenvalue weighted by Gasteiger charge is 2.51. The molecule has 1 amide bonds. The summed E-state index contributed by atoms with van der Waals surface area (Å²) in [5.41, 5.74) is 6.15. The van der Waals surface area contributed by atoms with Gasteiger partial charge in [0.1, 0.15) is 5.75 Å². The van der Waals surface area contributed by atoms with E-state index >= 15 is 0 Å². The summed E-state index contributed by atoms with van der Waals surface area (Å²) in [4.78, 5) is 12.8. The lowest BCUT2D eigenvalue weighted by Crippen LogP contribution is -2.48. The van der Waals surface area contributed by atoms with Gasteiger partial charge in [-0.3, -0.25) is 4.79 Å². The molecular weight excluding hydrogens is 382 g/mol. The second-order valence-corrected chi connectivity index (χ2v) is 10.7. The molecule has 2 aromatic rings. The van der Waals surface area contributed by atoms with Crippen molar-refractivity contribution in [3.05, 3.63) is 58.7 Å². The molecule has 6 rings (SSSR count). The molecule has 3 heteroatoms. The molecule has 1 N–H and O–H groups in total. The van der Waals surface area contributed by atoms with Crippen molar-refractivity contribution in [1.82, 2.24) is 0 Å². The standard InChI is InChI=1S/C28H35NO2/c1-17-9-18(2)19(3)26(10-17)31-20(4)27(30)29-25-7-5-24(6-8-25)28-14-21-11-22(15-28)13-23(12-21)16-28/h5-10,20-23H,11-16H2,1-4H3,(H,29,30)/t20-,21?,22?,23?,28?/m1/s1. The highest BCUT2D eigenvalue weighted by Crippen LogP contribution is 2.60. The first-order valence-electron chi connectivity index (χ1n) is 12.0. The molecular formula is C28H35NO2. The van der Waals surface area contributed by atoms with E-state index in [-0.39, 0.29) is 5.91 Å². The van der Waals surface area contributed by atoms with Gasteiger partial charge in [0.15, 0.2) is 6.10 Å². The van der Waals surface area contributed by atoms with E-state index in [1.807, 2.05) is 19.9 Å². The van der Waals surface area contributed by atoms with Gasteiger partial charge in [-0.05, 0) is 130 Å². The molecule has 31 heavy (non-hydrogen) atoms. The van der Waals surface area contributed by atoms with Crippen molar-refractivity contribution >= 4 is 11.6 Å². The maximum Gasteiger partial charge on any atom is 0.265 e. The molecule has 4 saturated carbocycles. The van der Waals surface area contributed by atoms with E-state index in [1.165, 1.54) is 49.7 Å². The average Bonchev–Trinajstić information content (AvgIpc) is 2.71. The molecule has 2 aromatic carbocycles.